The highest BCUT2D eigenvalue weighted by Crippen LogP contribution is 2.45. The van der Waals surface area contributed by atoms with Crippen LogP contribution in [-0.2, 0) is 9.26 Å². The van der Waals surface area contributed by atoms with Gasteiger partial charge in [-0.15, -0.1) is 0 Å². The lowest BCUT2D eigenvalue weighted by molar-refractivity contribution is 0.0554. The Morgan fingerprint density at radius 3 is 2.11 bits per heavy atom. The first kappa shape index (κ1) is 16.4. The van der Waals surface area contributed by atoms with Gasteiger partial charge in [-0.1, -0.05) is 0 Å². The maximum atomic E-state index is 14.0. The lowest BCUT2D eigenvalue weighted by atomic mass is 9.94. The summed E-state index contributed by atoms with van der Waals surface area (Å²) < 4.78 is 27.8. The number of ether oxygens (including phenoxy) is 1. The molecule has 1 aliphatic rings. The van der Waals surface area contributed by atoms with E-state index >= 15 is 0 Å². The predicted octanol–water partition coefficient (Wildman–Crippen LogP) is 2.15. The van der Waals surface area contributed by atoms with Crippen LogP contribution in [0.4, 0.5) is 4.39 Å². The Morgan fingerprint density at radius 2 is 1.78 bits per heavy atom. The van der Waals surface area contributed by atoms with Crippen molar-refractivity contribution >= 4 is 16.1 Å². The van der Waals surface area contributed by atoms with Crippen LogP contribution in [0.25, 0.3) is 0 Å². The van der Waals surface area contributed by atoms with Gasteiger partial charge in [0.05, 0.1) is 12.1 Å². The molecule has 1 fully saturated rings. The minimum atomic E-state index is -1.02. The molecular weight excluding hydrogens is 251 g/mol. The molecule has 0 aromatic rings. The van der Waals surface area contributed by atoms with Gasteiger partial charge in [-0.05, 0) is 41.3 Å². The van der Waals surface area contributed by atoms with Gasteiger partial charge in [-0.25, -0.2) is 4.39 Å². The molecule has 1 saturated heterocycles. The summed E-state index contributed by atoms with van der Waals surface area (Å²) in [7, 11) is 0.976. The van der Waals surface area contributed by atoms with E-state index in [1.54, 1.807) is 7.85 Å². The van der Waals surface area contributed by atoms with Crippen molar-refractivity contribution in [2.75, 3.05) is 6.66 Å². The highest BCUT2D eigenvalue weighted by Gasteiger charge is 2.42. The fourth-order valence-electron chi connectivity index (χ4n) is 2.64. The van der Waals surface area contributed by atoms with E-state index in [0.717, 1.165) is 0 Å². The molecule has 0 amide bonds. The molecule has 1 aliphatic heterocycles. The molecule has 5 atom stereocenters. The van der Waals surface area contributed by atoms with Gasteiger partial charge in [-0.3, -0.25) is 4.67 Å². The maximum absolute atomic E-state index is 14.0. The molecule has 0 aliphatic carbocycles. The lowest BCUT2D eigenvalue weighted by Crippen LogP contribution is -2.36. The summed E-state index contributed by atoms with van der Waals surface area (Å²) in [5, 5.41) is 0. The van der Waals surface area contributed by atoms with Crippen LogP contribution in [-0.4, -0.2) is 55.6 Å². The van der Waals surface area contributed by atoms with Crippen LogP contribution in [0.2, 0.25) is 0 Å². The summed E-state index contributed by atoms with van der Waals surface area (Å²) in [4.78, 5) is 0. The average Bonchev–Trinajstić information content (AvgIpc) is 2.44. The van der Waals surface area contributed by atoms with E-state index in [0.29, 0.717) is 12.1 Å². The molecule has 0 spiro atoms. The van der Waals surface area contributed by atoms with Crippen LogP contribution >= 0.6 is 8.30 Å². The maximum Gasteiger partial charge on any atom is 0.147 e. The normalized spacial score (nSPS) is 34.8. The number of hydrogen-bond acceptors (Lipinski definition) is 3. The quantitative estimate of drug-likeness (QED) is 0.567. The van der Waals surface area contributed by atoms with E-state index in [1.807, 2.05) is 6.92 Å². The van der Waals surface area contributed by atoms with Gasteiger partial charge in [0.15, 0.2) is 0 Å². The summed E-state index contributed by atoms with van der Waals surface area (Å²) >= 11 is 0. The number of hydrogen-bond donors (Lipinski definition) is 0. The second-order valence-corrected chi connectivity index (χ2v) is 7.19. The molecule has 1 rings (SSSR count). The van der Waals surface area contributed by atoms with Crippen LogP contribution in [0.5, 0.6) is 0 Å². The Hall–Kier alpha value is 0.305. The first-order valence-corrected chi connectivity index (χ1v) is 8.40. The highest BCUT2D eigenvalue weighted by molar-refractivity contribution is 7.49. The van der Waals surface area contributed by atoms with E-state index in [4.69, 9.17) is 9.26 Å². The third-order valence-electron chi connectivity index (χ3n) is 3.31. The van der Waals surface area contributed by atoms with Crippen molar-refractivity contribution in [1.29, 1.82) is 0 Å². The Balaban J connectivity index is 2.65. The van der Waals surface area contributed by atoms with E-state index < -0.39 is 20.6 Å². The predicted molar refractivity (Wildman–Crippen MR) is 77.6 cm³/mol. The third kappa shape index (κ3) is 3.66. The van der Waals surface area contributed by atoms with Gasteiger partial charge in [0.2, 0.25) is 0 Å². The minimum Gasteiger partial charge on any atom is -0.378 e. The number of rotatable bonds is 5. The largest absolute Gasteiger partial charge is 0.378 e. The molecule has 0 bridgehead atoms. The van der Waals surface area contributed by atoms with Crippen molar-refractivity contribution in [1.82, 2.24) is 4.67 Å². The number of halogens is 1. The highest BCUT2D eigenvalue weighted by atomic mass is 31.2. The minimum absolute atomic E-state index is 0.166. The molecular formula is C12H26BFNO2P. The van der Waals surface area contributed by atoms with Gasteiger partial charge < -0.3 is 9.26 Å². The molecule has 0 radical (unpaired) electrons. The first-order valence-electron chi connectivity index (χ1n) is 6.74. The summed E-state index contributed by atoms with van der Waals surface area (Å²) in [6.45, 7) is 12.5. The van der Waals surface area contributed by atoms with E-state index in [9.17, 15) is 4.39 Å². The summed E-state index contributed by atoms with van der Waals surface area (Å²) in [6, 6.07) is 0.434. The molecule has 106 valence electrons. The van der Waals surface area contributed by atoms with Crippen molar-refractivity contribution in [3.8, 4) is 0 Å². The SMILES string of the molecule is B[C@@H]1O[C@H](C)[C@@H](OP(C)N(C(C)C)C(C)C)[C@@H]1F. The van der Waals surface area contributed by atoms with Gasteiger partial charge in [-0.2, -0.15) is 0 Å². The zero-order chi connectivity index (χ0) is 14.0. The standard InChI is InChI=1S/C12H26BFNO2P/c1-7(2)15(8(3)4)18(6)17-11-9(5)16-12(13)10(11)14/h7-12H,13H2,1-6H3/t9-,10+,11-,12-,18?/m1/s1. The lowest BCUT2D eigenvalue weighted by Gasteiger charge is -2.37. The molecule has 0 aromatic carbocycles. The number of nitrogens with zero attached hydrogens (tertiary/aromatic N) is 1. The van der Waals surface area contributed by atoms with Crippen molar-refractivity contribution in [2.24, 2.45) is 0 Å². The Morgan fingerprint density at radius 1 is 1.28 bits per heavy atom. The zero-order valence-electron chi connectivity index (χ0n) is 12.6. The molecule has 18 heavy (non-hydrogen) atoms. The zero-order valence-corrected chi connectivity index (χ0v) is 13.4. The van der Waals surface area contributed by atoms with E-state index in [-0.39, 0.29) is 12.1 Å². The van der Waals surface area contributed by atoms with Crippen LogP contribution < -0.4 is 0 Å². The van der Waals surface area contributed by atoms with Crippen molar-refractivity contribution in [2.45, 2.75) is 71.1 Å². The summed E-state index contributed by atoms with van der Waals surface area (Å²) in [6.07, 6.45) is -1.62. The first-order chi connectivity index (χ1) is 8.25. The average molecular weight is 277 g/mol. The molecule has 0 N–H and O–H groups in total. The van der Waals surface area contributed by atoms with Crippen LogP contribution in [0.15, 0.2) is 0 Å². The van der Waals surface area contributed by atoms with E-state index in [2.05, 4.69) is 39.0 Å². The molecule has 1 unspecified atom stereocenters. The second kappa shape index (κ2) is 6.65. The third-order valence-corrected chi connectivity index (χ3v) is 5.43. The molecule has 0 saturated carbocycles. The smallest absolute Gasteiger partial charge is 0.147 e. The van der Waals surface area contributed by atoms with Crippen molar-refractivity contribution in [3.63, 3.8) is 0 Å². The van der Waals surface area contributed by atoms with Gasteiger partial charge in [0, 0.05) is 12.1 Å². The van der Waals surface area contributed by atoms with Crippen LogP contribution in [0.1, 0.15) is 34.6 Å². The van der Waals surface area contributed by atoms with Gasteiger partial charge in [0.25, 0.3) is 0 Å². The number of alkyl halides is 1. The Kier molecular flexibility index (Phi) is 6.04. The fraction of sp³-hybridized carbons (Fsp3) is 1.00. The Labute approximate surface area is 113 Å². The summed E-state index contributed by atoms with van der Waals surface area (Å²) in [5.74, 6) is 0. The van der Waals surface area contributed by atoms with Crippen LogP contribution in [0, 0.1) is 0 Å². The van der Waals surface area contributed by atoms with Gasteiger partial charge in [0.1, 0.15) is 28.4 Å². The van der Waals surface area contributed by atoms with Crippen molar-refractivity contribution < 1.29 is 13.7 Å². The topological polar surface area (TPSA) is 21.7 Å². The molecule has 0 aromatic heterocycles. The molecule has 1 heterocycles. The Bertz CT molecular complexity index is 262. The fourth-order valence-corrected chi connectivity index (χ4v) is 4.69. The molecule has 6 heteroatoms. The van der Waals surface area contributed by atoms with Crippen molar-refractivity contribution in [3.05, 3.63) is 0 Å². The van der Waals surface area contributed by atoms with Crippen LogP contribution in [0.3, 0.4) is 0 Å². The summed E-state index contributed by atoms with van der Waals surface area (Å²) in [5.41, 5.74) is 0. The molecule has 3 nitrogen and oxygen atoms in total. The van der Waals surface area contributed by atoms with E-state index in [1.165, 1.54) is 0 Å². The second-order valence-electron chi connectivity index (χ2n) is 5.59. The monoisotopic (exact) mass is 277 g/mol. The van der Waals surface area contributed by atoms with Gasteiger partial charge >= 0.3 is 0 Å².